The van der Waals surface area contributed by atoms with Crippen molar-refractivity contribution in [1.29, 1.82) is 0 Å². The van der Waals surface area contributed by atoms with Crippen molar-refractivity contribution >= 4 is 23.1 Å². The van der Waals surface area contributed by atoms with Crippen LogP contribution < -0.4 is 10.6 Å². The SMILES string of the molecule is Cc1ncsc1CNc1nccc(N[C@H]2CCCOC2)n1. The summed E-state index contributed by atoms with van der Waals surface area (Å²) in [6.07, 6.45) is 3.98. The molecule has 0 saturated carbocycles. The van der Waals surface area contributed by atoms with Gasteiger partial charge in [-0.2, -0.15) is 4.98 Å². The van der Waals surface area contributed by atoms with E-state index in [1.54, 1.807) is 17.5 Å². The molecular weight excluding hydrogens is 286 g/mol. The van der Waals surface area contributed by atoms with Gasteiger partial charge in [0.05, 0.1) is 30.4 Å². The van der Waals surface area contributed by atoms with Crippen molar-refractivity contribution in [3.63, 3.8) is 0 Å². The Morgan fingerprint density at radius 2 is 2.38 bits per heavy atom. The van der Waals surface area contributed by atoms with E-state index in [9.17, 15) is 0 Å². The third-order valence-electron chi connectivity index (χ3n) is 3.42. The molecule has 0 bridgehead atoms. The van der Waals surface area contributed by atoms with E-state index in [1.807, 2.05) is 18.5 Å². The lowest BCUT2D eigenvalue weighted by Gasteiger charge is -2.23. The van der Waals surface area contributed by atoms with Gasteiger partial charge in [-0.25, -0.2) is 9.97 Å². The highest BCUT2D eigenvalue weighted by atomic mass is 32.1. The molecule has 7 heteroatoms. The van der Waals surface area contributed by atoms with Crippen molar-refractivity contribution in [3.05, 3.63) is 28.3 Å². The molecule has 0 aliphatic carbocycles. The molecule has 0 radical (unpaired) electrons. The van der Waals surface area contributed by atoms with Gasteiger partial charge in [-0.1, -0.05) is 0 Å². The van der Waals surface area contributed by atoms with E-state index in [1.165, 1.54) is 4.88 Å². The second-order valence-electron chi connectivity index (χ2n) is 5.04. The summed E-state index contributed by atoms with van der Waals surface area (Å²) in [6.45, 7) is 4.32. The summed E-state index contributed by atoms with van der Waals surface area (Å²) in [7, 11) is 0. The number of thiazole rings is 1. The third-order valence-corrected chi connectivity index (χ3v) is 4.35. The minimum Gasteiger partial charge on any atom is -0.379 e. The molecule has 1 aliphatic rings. The molecule has 21 heavy (non-hydrogen) atoms. The molecule has 6 nitrogen and oxygen atoms in total. The van der Waals surface area contributed by atoms with Gasteiger partial charge in [0.1, 0.15) is 5.82 Å². The Morgan fingerprint density at radius 1 is 1.43 bits per heavy atom. The summed E-state index contributed by atoms with van der Waals surface area (Å²) in [5, 5.41) is 6.64. The fourth-order valence-corrected chi connectivity index (χ4v) is 2.96. The van der Waals surface area contributed by atoms with Gasteiger partial charge in [0.25, 0.3) is 0 Å². The van der Waals surface area contributed by atoms with Gasteiger partial charge >= 0.3 is 0 Å². The molecule has 0 unspecified atom stereocenters. The van der Waals surface area contributed by atoms with E-state index in [2.05, 4.69) is 25.6 Å². The van der Waals surface area contributed by atoms with E-state index in [0.717, 1.165) is 37.6 Å². The monoisotopic (exact) mass is 305 g/mol. The topological polar surface area (TPSA) is 72.0 Å². The van der Waals surface area contributed by atoms with Crippen LogP contribution in [0.2, 0.25) is 0 Å². The Bertz CT molecular complexity index is 582. The molecule has 0 spiro atoms. The smallest absolute Gasteiger partial charge is 0.224 e. The second kappa shape index (κ2) is 6.82. The predicted octanol–water partition coefficient (Wildman–Crippen LogP) is 2.44. The normalized spacial score (nSPS) is 18.4. The summed E-state index contributed by atoms with van der Waals surface area (Å²) in [5.41, 5.74) is 2.91. The standard InChI is InChI=1S/C14H19N5OS/c1-10-12(21-9-17-10)7-16-14-15-5-4-13(19-14)18-11-3-2-6-20-8-11/h4-5,9,11H,2-3,6-8H2,1H3,(H2,15,16,18,19)/t11-/m0/s1. The van der Waals surface area contributed by atoms with Gasteiger partial charge in [0.2, 0.25) is 5.95 Å². The Balaban J connectivity index is 1.58. The van der Waals surface area contributed by atoms with E-state index >= 15 is 0 Å². The van der Waals surface area contributed by atoms with Crippen LogP contribution in [-0.2, 0) is 11.3 Å². The van der Waals surface area contributed by atoms with Crippen LogP contribution in [-0.4, -0.2) is 34.2 Å². The Hall–Kier alpha value is -1.73. The number of hydrogen-bond donors (Lipinski definition) is 2. The van der Waals surface area contributed by atoms with Crippen molar-refractivity contribution in [2.75, 3.05) is 23.8 Å². The van der Waals surface area contributed by atoms with Crippen LogP contribution in [0.3, 0.4) is 0 Å². The average Bonchev–Trinajstić information content (AvgIpc) is 2.92. The van der Waals surface area contributed by atoms with Crippen LogP contribution in [0.1, 0.15) is 23.4 Å². The number of rotatable bonds is 5. The molecule has 1 atom stereocenters. The molecule has 3 rings (SSSR count). The first-order valence-corrected chi connectivity index (χ1v) is 7.99. The fourth-order valence-electron chi connectivity index (χ4n) is 2.24. The maximum absolute atomic E-state index is 5.47. The number of ether oxygens (including phenoxy) is 1. The number of aromatic nitrogens is 3. The van der Waals surface area contributed by atoms with Crippen molar-refractivity contribution in [1.82, 2.24) is 15.0 Å². The zero-order chi connectivity index (χ0) is 14.5. The summed E-state index contributed by atoms with van der Waals surface area (Å²) in [4.78, 5) is 14.2. The molecule has 2 N–H and O–H groups in total. The van der Waals surface area contributed by atoms with Crippen LogP contribution in [0.15, 0.2) is 17.8 Å². The molecule has 3 heterocycles. The maximum atomic E-state index is 5.47. The highest BCUT2D eigenvalue weighted by Crippen LogP contribution is 2.16. The second-order valence-corrected chi connectivity index (χ2v) is 5.98. The molecule has 1 saturated heterocycles. The maximum Gasteiger partial charge on any atom is 0.224 e. The first-order chi connectivity index (χ1) is 10.3. The van der Waals surface area contributed by atoms with Gasteiger partial charge in [0.15, 0.2) is 0 Å². The van der Waals surface area contributed by atoms with Crippen LogP contribution in [0, 0.1) is 6.92 Å². The zero-order valence-corrected chi connectivity index (χ0v) is 12.8. The Labute approximate surface area is 128 Å². The largest absolute Gasteiger partial charge is 0.379 e. The Kier molecular flexibility index (Phi) is 4.62. The highest BCUT2D eigenvalue weighted by Gasteiger charge is 2.14. The lowest BCUT2D eigenvalue weighted by atomic mass is 10.1. The van der Waals surface area contributed by atoms with Crippen molar-refractivity contribution in [2.24, 2.45) is 0 Å². The molecule has 1 aliphatic heterocycles. The quantitative estimate of drug-likeness (QED) is 0.884. The van der Waals surface area contributed by atoms with Gasteiger partial charge in [0, 0.05) is 17.7 Å². The average molecular weight is 305 g/mol. The number of nitrogens with zero attached hydrogens (tertiary/aromatic N) is 3. The summed E-state index contributed by atoms with van der Waals surface area (Å²) >= 11 is 1.64. The molecule has 2 aromatic rings. The van der Waals surface area contributed by atoms with Crippen LogP contribution in [0.25, 0.3) is 0 Å². The van der Waals surface area contributed by atoms with Crippen molar-refractivity contribution < 1.29 is 4.74 Å². The first-order valence-electron chi connectivity index (χ1n) is 7.11. The molecule has 2 aromatic heterocycles. The summed E-state index contributed by atoms with van der Waals surface area (Å²) in [6, 6.07) is 2.22. The van der Waals surface area contributed by atoms with E-state index in [4.69, 9.17) is 4.74 Å². The summed E-state index contributed by atoms with van der Waals surface area (Å²) < 4.78 is 5.47. The number of aryl methyl sites for hydroxylation is 1. The summed E-state index contributed by atoms with van der Waals surface area (Å²) in [5.74, 6) is 1.47. The van der Waals surface area contributed by atoms with Gasteiger partial charge < -0.3 is 15.4 Å². The minimum atomic E-state index is 0.338. The lowest BCUT2D eigenvalue weighted by Crippen LogP contribution is -2.30. The fraction of sp³-hybridized carbons (Fsp3) is 0.500. The Morgan fingerprint density at radius 3 is 3.14 bits per heavy atom. The number of anilines is 2. The third kappa shape index (κ3) is 3.89. The van der Waals surface area contributed by atoms with E-state index in [-0.39, 0.29) is 0 Å². The highest BCUT2D eigenvalue weighted by molar-refractivity contribution is 7.09. The predicted molar refractivity (Wildman–Crippen MR) is 83.7 cm³/mol. The van der Waals surface area contributed by atoms with E-state index in [0.29, 0.717) is 18.5 Å². The van der Waals surface area contributed by atoms with Gasteiger partial charge in [-0.3, -0.25) is 0 Å². The minimum absolute atomic E-state index is 0.338. The molecule has 1 fully saturated rings. The van der Waals surface area contributed by atoms with E-state index < -0.39 is 0 Å². The zero-order valence-electron chi connectivity index (χ0n) is 12.0. The van der Waals surface area contributed by atoms with Gasteiger partial charge in [-0.15, -0.1) is 11.3 Å². The van der Waals surface area contributed by atoms with Crippen LogP contribution in [0.5, 0.6) is 0 Å². The number of nitrogens with one attached hydrogen (secondary N) is 2. The van der Waals surface area contributed by atoms with Gasteiger partial charge in [-0.05, 0) is 25.8 Å². The van der Waals surface area contributed by atoms with Crippen molar-refractivity contribution in [3.8, 4) is 0 Å². The lowest BCUT2D eigenvalue weighted by molar-refractivity contribution is 0.0875. The van der Waals surface area contributed by atoms with Crippen LogP contribution >= 0.6 is 11.3 Å². The molecular formula is C14H19N5OS. The molecule has 0 aromatic carbocycles. The molecule has 0 amide bonds. The first kappa shape index (κ1) is 14.2. The molecule has 112 valence electrons. The number of hydrogen-bond acceptors (Lipinski definition) is 7. The van der Waals surface area contributed by atoms with Crippen molar-refractivity contribution in [2.45, 2.75) is 32.4 Å². The van der Waals surface area contributed by atoms with Crippen LogP contribution in [0.4, 0.5) is 11.8 Å².